The zero-order valence-corrected chi connectivity index (χ0v) is 40.8. The molecule has 0 radical (unpaired) electrons. The first-order valence-corrected chi connectivity index (χ1v) is 24.7. The first kappa shape index (κ1) is 51.6. The van der Waals surface area contributed by atoms with E-state index in [1.165, 1.54) is 0 Å². The van der Waals surface area contributed by atoms with Gasteiger partial charge in [-0.25, -0.2) is 14.4 Å². The first-order chi connectivity index (χ1) is 36.4. The van der Waals surface area contributed by atoms with Gasteiger partial charge in [0.25, 0.3) is 0 Å². The van der Waals surface area contributed by atoms with E-state index in [0.717, 1.165) is 22.3 Å². The van der Waals surface area contributed by atoms with Gasteiger partial charge in [-0.15, -0.1) is 0 Å². The third-order valence-corrected chi connectivity index (χ3v) is 12.6. The van der Waals surface area contributed by atoms with Crippen LogP contribution in [-0.2, 0) is 73.8 Å². The van der Waals surface area contributed by atoms with Crippen LogP contribution in [0.2, 0.25) is 0 Å². The molecule has 2 aliphatic heterocycles. The van der Waals surface area contributed by atoms with Crippen molar-refractivity contribution >= 4 is 17.9 Å². The highest BCUT2D eigenvalue weighted by atomic mass is 16.8. The number of carbonyl (C=O) groups excluding carboxylic acids is 3. The van der Waals surface area contributed by atoms with Gasteiger partial charge in [0.1, 0.15) is 24.4 Å². The molecule has 13 heteroatoms. The van der Waals surface area contributed by atoms with Gasteiger partial charge in [0.2, 0.25) is 0 Å². The molecule has 7 aromatic carbocycles. The van der Waals surface area contributed by atoms with Crippen LogP contribution in [0, 0.1) is 0 Å². The van der Waals surface area contributed by atoms with E-state index < -0.39 is 79.3 Å². The summed E-state index contributed by atoms with van der Waals surface area (Å²) in [5.41, 5.74) is 4.23. The Kier molecular flexibility index (Phi) is 18.2. The summed E-state index contributed by atoms with van der Waals surface area (Å²) >= 11 is 0. The van der Waals surface area contributed by atoms with E-state index >= 15 is 0 Å². The molecule has 0 aromatic heterocycles. The van der Waals surface area contributed by atoms with Crippen LogP contribution >= 0.6 is 0 Å². The van der Waals surface area contributed by atoms with Crippen LogP contribution in [0.4, 0.5) is 0 Å². The summed E-state index contributed by atoms with van der Waals surface area (Å²) in [5.74, 6) is -2.27. The second kappa shape index (κ2) is 26.1. The van der Waals surface area contributed by atoms with Crippen LogP contribution in [0.1, 0.15) is 60.3 Å². The monoisotopic (exact) mass is 998 g/mol. The SMILES string of the molecule is C[C@H]1O[C@@H](O[C@H]2[C@H](OCc3ccccc3)[C@@H](OCc3ccccc3)[C@H](OCc3ccccc3)O[C@@H]2COCc2ccccc2)[C@H](OC(=O)c2ccccc2)[C@@H](OC(=O)c2ccccc2)[C@@H]1OC(=O)c1ccccc1. The van der Waals surface area contributed by atoms with Crippen LogP contribution in [0.15, 0.2) is 212 Å². The molecule has 74 heavy (non-hydrogen) atoms. The fourth-order valence-electron chi connectivity index (χ4n) is 8.79. The minimum atomic E-state index is -1.57. The summed E-state index contributed by atoms with van der Waals surface area (Å²) in [6.45, 7) is 2.28. The standard InChI is InChI=1S/C61H58O13/c1-42-51(71-57(62)47-31-17-6-18-32-47)54(72-58(63)48-33-19-7-20-34-48)56(73-59(64)49-35-21-8-22-36-49)61(69-42)74-52-50(41-65-37-43-23-9-2-10-24-43)70-60(68-40-46-29-15-5-16-30-46)55(67-39-45-27-13-4-14-28-45)53(52)66-38-44-25-11-3-12-26-44/h2-36,42,50-56,60-61H,37-41H2,1H3/t42-,50-,51-,52-,53+,54+,55-,56-,60-,61+/m1/s1. The fourth-order valence-corrected chi connectivity index (χ4v) is 8.79. The summed E-state index contributed by atoms with van der Waals surface area (Å²) in [7, 11) is 0. The summed E-state index contributed by atoms with van der Waals surface area (Å²) in [6, 6.07) is 63.9. The highest BCUT2D eigenvalue weighted by Gasteiger charge is 2.56. The van der Waals surface area contributed by atoms with Crippen molar-refractivity contribution in [2.75, 3.05) is 6.61 Å². The molecule has 0 N–H and O–H groups in total. The Bertz CT molecular complexity index is 2790. The molecule has 2 heterocycles. The molecule has 9 rings (SSSR count). The number of hydrogen-bond acceptors (Lipinski definition) is 13. The summed E-state index contributed by atoms with van der Waals surface area (Å²) in [6.07, 6.45) is -12.0. The third kappa shape index (κ3) is 13.8. The molecule has 0 unspecified atom stereocenters. The van der Waals surface area contributed by atoms with Crippen LogP contribution in [0.25, 0.3) is 0 Å². The van der Waals surface area contributed by atoms with Crippen molar-refractivity contribution < 1.29 is 61.8 Å². The van der Waals surface area contributed by atoms with Crippen molar-refractivity contribution in [2.24, 2.45) is 0 Å². The molecule has 2 aliphatic rings. The Labute approximate surface area is 430 Å². The Morgan fingerprint density at radius 3 is 1.18 bits per heavy atom. The third-order valence-electron chi connectivity index (χ3n) is 12.6. The van der Waals surface area contributed by atoms with Crippen molar-refractivity contribution in [3.05, 3.63) is 251 Å². The number of rotatable bonds is 21. The molecule has 13 nitrogen and oxygen atoms in total. The first-order valence-electron chi connectivity index (χ1n) is 24.7. The molecule has 0 aliphatic carbocycles. The molecule has 0 saturated carbocycles. The predicted molar refractivity (Wildman–Crippen MR) is 272 cm³/mol. The lowest BCUT2D eigenvalue weighted by Gasteiger charge is -2.49. The molecule has 10 atom stereocenters. The maximum absolute atomic E-state index is 14.4. The smallest absolute Gasteiger partial charge is 0.338 e. The Morgan fingerprint density at radius 1 is 0.365 bits per heavy atom. The second-order valence-electron chi connectivity index (χ2n) is 17.9. The highest BCUT2D eigenvalue weighted by Crippen LogP contribution is 2.37. The highest BCUT2D eigenvalue weighted by molar-refractivity contribution is 5.91. The normalized spacial score (nSPS) is 23.5. The van der Waals surface area contributed by atoms with Gasteiger partial charge in [-0.1, -0.05) is 176 Å². The Morgan fingerprint density at radius 2 is 0.730 bits per heavy atom. The quantitative estimate of drug-likeness (QED) is 0.0498. The molecule has 0 bridgehead atoms. The molecule has 0 spiro atoms. The van der Waals surface area contributed by atoms with Gasteiger partial charge >= 0.3 is 17.9 Å². The molecule has 7 aromatic rings. The van der Waals surface area contributed by atoms with E-state index in [1.54, 1.807) is 97.9 Å². The van der Waals surface area contributed by atoms with Gasteiger partial charge in [-0.05, 0) is 65.6 Å². The number of carbonyl (C=O) groups is 3. The molecule has 2 saturated heterocycles. The van der Waals surface area contributed by atoms with Gasteiger partial charge in [0.15, 0.2) is 30.9 Å². The average molecular weight is 999 g/mol. The summed E-state index contributed by atoms with van der Waals surface area (Å²) in [5, 5.41) is 0. The van der Waals surface area contributed by atoms with E-state index in [4.69, 9.17) is 47.4 Å². The topological polar surface area (TPSA) is 144 Å². The van der Waals surface area contributed by atoms with Crippen molar-refractivity contribution in [2.45, 2.75) is 94.8 Å². The zero-order chi connectivity index (χ0) is 50.9. The van der Waals surface area contributed by atoms with Gasteiger partial charge < -0.3 is 47.4 Å². The average Bonchev–Trinajstić information content (AvgIpc) is 3.45. The van der Waals surface area contributed by atoms with Crippen molar-refractivity contribution in [1.82, 2.24) is 0 Å². The molecule has 2 fully saturated rings. The Balaban J connectivity index is 1.13. The van der Waals surface area contributed by atoms with Crippen LogP contribution in [0.3, 0.4) is 0 Å². The minimum Gasteiger partial charge on any atom is -0.452 e. The lowest BCUT2D eigenvalue weighted by atomic mass is 9.96. The maximum Gasteiger partial charge on any atom is 0.338 e. The van der Waals surface area contributed by atoms with Gasteiger partial charge in [-0.3, -0.25) is 0 Å². The number of ether oxygens (including phenoxy) is 10. The lowest BCUT2D eigenvalue weighted by molar-refractivity contribution is -0.366. The van der Waals surface area contributed by atoms with Crippen molar-refractivity contribution in [3.8, 4) is 0 Å². The summed E-state index contributed by atoms with van der Waals surface area (Å²) in [4.78, 5) is 42.5. The van der Waals surface area contributed by atoms with Gasteiger partial charge in [0, 0.05) is 0 Å². The van der Waals surface area contributed by atoms with E-state index in [2.05, 4.69) is 0 Å². The predicted octanol–water partition coefficient (Wildman–Crippen LogP) is 10.1. The van der Waals surface area contributed by atoms with E-state index in [9.17, 15) is 14.4 Å². The van der Waals surface area contributed by atoms with Crippen LogP contribution in [-0.4, -0.2) is 85.9 Å². The van der Waals surface area contributed by atoms with Gasteiger partial charge in [-0.2, -0.15) is 0 Å². The largest absolute Gasteiger partial charge is 0.452 e. The molecule has 380 valence electrons. The van der Waals surface area contributed by atoms with Crippen molar-refractivity contribution in [3.63, 3.8) is 0 Å². The number of esters is 3. The fraction of sp³-hybridized carbons (Fsp3) is 0.262. The molecular formula is C61H58O13. The van der Waals surface area contributed by atoms with E-state index in [1.807, 2.05) is 121 Å². The molecular weight excluding hydrogens is 941 g/mol. The van der Waals surface area contributed by atoms with E-state index in [0.29, 0.717) is 0 Å². The maximum atomic E-state index is 14.4. The Hall–Kier alpha value is -7.33. The lowest BCUT2D eigenvalue weighted by Crippen LogP contribution is -2.66. The summed E-state index contributed by atoms with van der Waals surface area (Å²) < 4.78 is 66.9. The van der Waals surface area contributed by atoms with E-state index in [-0.39, 0.29) is 49.7 Å². The van der Waals surface area contributed by atoms with Crippen LogP contribution < -0.4 is 0 Å². The second-order valence-corrected chi connectivity index (χ2v) is 17.9. The van der Waals surface area contributed by atoms with Crippen LogP contribution in [0.5, 0.6) is 0 Å². The molecule has 0 amide bonds. The number of benzene rings is 7. The zero-order valence-electron chi connectivity index (χ0n) is 40.8. The number of hydrogen-bond donors (Lipinski definition) is 0. The van der Waals surface area contributed by atoms with Crippen molar-refractivity contribution in [1.29, 1.82) is 0 Å². The minimum absolute atomic E-state index is 0.0398. The van der Waals surface area contributed by atoms with Gasteiger partial charge in [0.05, 0.1) is 55.8 Å².